The van der Waals surface area contributed by atoms with Gasteiger partial charge in [0.2, 0.25) is 20.7 Å². The maximum absolute atomic E-state index is 13.3. The standard InChI is InChI=1S/C19H20N2O5S/c1-2-14-5-7-15(8-6-14)27(22,23)18-19(21-9-12-24-13-10-21)26-17(20-18)16-4-3-11-25-16/h3-8,11H,2,9-10,12-13H2,1H3. The fraction of sp³-hybridized carbons (Fsp3) is 0.316. The summed E-state index contributed by atoms with van der Waals surface area (Å²) in [7, 11) is -3.84. The Hall–Kier alpha value is -2.58. The third-order valence-corrected chi connectivity index (χ3v) is 6.17. The Morgan fingerprint density at radius 2 is 1.85 bits per heavy atom. The van der Waals surface area contributed by atoms with Crippen molar-refractivity contribution in [1.82, 2.24) is 4.98 Å². The number of hydrogen-bond acceptors (Lipinski definition) is 7. The summed E-state index contributed by atoms with van der Waals surface area (Å²) >= 11 is 0. The molecule has 3 aromatic rings. The molecule has 0 spiro atoms. The van der Waals surface area contributed by atoms with Crippen LogP contribution < -0.4 is 4.90 Å². The van der Waals surface area contributed by atoms with E-state index < -0.39 is 9.84 Å². The summed E-state index contributed by atoms with van der Waals surface area (Å²) in [6.45, 7) is 4.09. The first-order valence-electron chi connectivity index (χ1n) is 8.81. The molecule has 1 fully saturated rings. The van der Waals surface area contributed by atoms with Gasteiger partial charge in [0, 0.05) is 13.1 Å². The monoisotopic (exact) mass is 388 g/mol. The van der Waals surface area contributed by atoms with Gasteiger partial charge in [-0.25, -0.2) is 8.42 Å². The molecule has 0 saturated carbocycles. The van der Waals surface area contributed by atoms with E-state index >= 15 is 0 Å². The first kappa shape index (κ1) is 17.8. The molecule has 8 heteroatoms. The average Bonchev–Trinajstić information content (AvgIpc) is 3.38. The molecule has 0 atom stereocenters. The molecule has 1 aliphatic rings. The normalized spacial score (nSPS) is 15.2. The third kappa shape index (κ3) is 3.38. The van der Waals surface area contributed by atoms with Crippen LogP contribution in [0, 0.1) is 0 Å². The molecular formula is C19H20N2O5S. The van der Waals surface area contributed by atoms with Crippen molar-refractivity contribution in [3.63, 3.8) is 0 Å². The van der Waals surface area contributed by atoms with E-state index in [0.717, 1.165) is 12.0 Å². The van der Waals surface area contributed by atoms with E-state index in [0.29, 0.717) is 32.1 Å². The number of benzene rings is 1. The molecule has 0 unspecified atom stereocenters. The second kappa shape index (κ2) is 7.21. The Labute approximate surface area is 157 Å². The molecule has 4 rings (SSSR count). The van der Waals surface area contributed by atoms with Crippen LogP contribution in [0.5, 0.6) is 0 Å². The SMILES string of the molecule is CCc1ccc(S(=O)(=O)c2nc(-c3ccco3)oc2N2CCOCC2)cc1. The van der Waals surface area contributed by atoms with Crippen LogP contribution in [0.1, 0.15) is 12.5 Å². The Morgan fingerprint density at radius 3 is 2.48 bits per heavy atom. The van der Waals surface area contributed by atoms with Gasteiger partial charge in [0.25, 0.3) is 5.89 Å². The molecule has 3 heterocycles. The molecule has 1 aliphatic heterocycles. The lowest BCUT2D eigenvalue weighted by Crippen LogP contribution is -2.36. The quantitative estimate of drug-likeness (QED) is 0.663. The number of oxazole rings is 1. The maximum Gasteiger partial charge on any atom is 0.266 e. The van der Waals surface area contributed by atoms with E-state index in [-0.39, 0.29) is 21.7 Å². The average molecular weight is 388 g/mol. The van der Waals surface area contributed by atoms with Crippen LogP contribution in [0.2, 0.25) is 0 Å². The van der Waals surface area contributed by atoms with Crippen molar-refractivity contribution in [2.24, 2.45) is 0 Å². The molecule has 7 nitrogen and oxygen atoms in total. The zero-order chi connectivity index (χ0) is 18.9. The summed E-state index contributed by atoms with van der Waals surface area (Å²) in [4.78, 5) is 6.32. The van der Waals surface area contributed by atoms with Gasteiger partial charge in [-0.05, 0) is 36.2 Å². The highest BCUT2D eigenvalue weighted by molar-refractivity contribution is 7.91. The number of nitrogens with zero attached hydrogens (tertiary/aromatic N) is 2. The van der Waals surface area contributed by atoms with E-state index in [9.17, 15) is 8.42 Å². The Morgan fingerprint density at radius 1 is 1.11 bits per heavy atom. The molecule has 142 valence electrons. The summed E-state index contributed by atoms with van der Waals surface area (Å²) in [5, 5.41) is -0.0972. The van der Waals surface area contributed by atoms with Crippen molar-refractivity contribution < 1.29 is 22.0 Å². The lowest BCUT2D eigenvalue weighted by molar-refractivity contribution is 0.120. The zero-order valence-electron chi connectivity index (χ0n) is 14.9. The molecule has 1 aromatic carbocycles. The van der Waals surface area contributed by atoms with Gasteiger partial charge in [-0.15, -0.1) is 0 Å². The van der Waals surface area contributed by atoms with Crippen molar-refractivity contribution in [3.05, 3.63) is 48.2 Å². The molecule has 2 aromatic heterocycles. The number of sulfone groups is 1. The molecule has 27 heavy (non-hydrogen) atoms. The Kier molecular flexibility index (Phi) is 4.75. The summed E-state index contributed by atoms with van der Waals surface area (Å²) in [6.07, 6.45) is 2.33. The molecule has 1 saturated heterocycles. The summed E-state index contributed by atoms with van der Waals surface area (Å²) in [5.74, 6) is 0.752. The minimum absolute atomic E-state index is 0.0972. The van der Waals surface area contributed by atoms with Gasteiger partial charge in [0.15, 0.2) is 5.76 Å². The summed E-state index contributed by atoms with van der Waals surface area (Å²) in [5.41, 5.74) is 1.07. The highest BCUT2D eigenvalue weighted by Crippen LogP contribution is 2.35. The van der Waals surface area contributed by atoms with Gasteiger partial charge >= 0.3 is 0 Å². The Bertz CT molecular complexity index is 1000. The van der Waals surface area contributed by atoms with Crippen molar-refractivity contribution in [3.8, 4) is 11.7 Å². The summed E-state index contributed by atoms with van der Waals surface area (Å²) < 4.78 is 43.1. The van der Waals surface area contributed by atoms with Crippen LogP contribution in [0.15, 0.2) is 61.4 Å². The van der Waals surface area contributed by atoms with Crippen molar-refractivity contribution in [2.75, 3.05) is 31.2 Å². The van der Waals surface area contributed by atoms with Gasteiger partial charge in [-0.2, -0.15) is 4.98 Å². The predicted molar refractivity (Wildman–Crippen MR) is 98.5 cm³/mol. The lowest BCUT2D eigenvalue weighted by Gasteiger charge is -2.26. The number of anilines is 1. The largest absolute Gasteiger partial charge is 0.459 e. The van der Waals surface area contributed by atoms with Gasteiger partial charge in [0.05, 0.1) is 24.4 Å². The van der Waals surface area contributed by atoms with Crippen molar-refractivity contribution in [2.45, 2.75) is 23.3 Å². The first-order valence-corrected chi connectivity index (χ1v) is 10.3. The molecule has 0 aliphatic carbocycles. The number of aryl methyl sites for hydroxylation is 1. The fourth-order valence-corrected chi connectivity index (χ4v) is 4.28. The van der Waals surface area contributed by atoms with Gasteiger partial charge < -0.3 is 18.5 Å². The molecular weight excluding hydrogens is 368 g/mol. The van der Waals surface area contributed by atoms with Crippen LogP contribution in [-0.2, 0) is 21.0 Å². The number of hydrogen-bond donors (Lipinski definition) is 0. The number of morpholine rings is 1. The van der Waals surface area contributed by atoms with Crippen LogP contribution in [0.25, 0.3) is 11.7 Å². The molecule has 0 N–H and O–H groups in total. The zero-order valence-corrected chi connectivity index (χ0v) is 15.7. The number of aromatic nitrogens is 1. The van der Waals surface area contributed by atoms with Crippen LogP contribution >= 0.6 is 0 Å². The molecule has 0 radical (unpaired) electrons. The second-order valence-electron chi connectivity index (χ2n) is 6.21. The van der Waals surface area contributed by atoms with E-state index in [2.05, 4.69) is 4.98 Å². The number of furan rings is 1. The lowest BCUT2D eigenvalue weighted by atomic mass is 10.2. The number of ether oxygens (including phenoxy) is 1. The van der Waals surface area contributed by atoms with E-state index in [1.807, 2.05) is 24.0 Å². The van der Waals surface area contributed by atoms with Gasteiger partial charge in [-0.1, -0.05) is 19.1 Å². The predicted octanol–water partition coefficient (Wildman–Crippen LogP) is 3.17. The van der Waals surface area contributed by atoms with Gasteiger partial charge in [0.1, 0.15) is 0 Å². The second-order valence-corrected chi connectivity index (χ2v) is 8.07. The van der Waals surface area contributed by atoms with Crippen molar-refractivity contribution in [1.29, 1.82) is 0 Å². The minimum atomic E-state index is -3.84. The molecule has 0 amide bonds. The van der Waals surface area contributed by atoms with Gasteiger partial charge in [-0.3, -0.25) is 0 Å². The van der Waals surface area contributed by atoms with Crippen LogP contribution in [0.3, 0.4) is 0 Å². The fourth-order valence-electron chi connectivity index (χ4n) is 2.96. The number of rotatable bonds is 5. The van der Waals surface area contributed by atoms with Crippen LogP contribution in [-0.4, -0.2) is 39.7 Å². The molecule has 0 bridgehead atoms. The third-order valence-electron chi connectivity index (χ3n) is 4.51. The van der Waals surface area contributed by atoms with Crippen molar-refractivity contribution >= 4 is 15.7 Å². The smallest absolute Gasteiger partial charge is 0.266 e. The highest BCUT2D eigenvalue weighted by Gasteiger charge is 2.32. The van der Waals surface area contributed by atoms with E-state index in [1.54, 1.807) is 24.3 Å². The topological polar surface area (TPSA) is 85.8 Å². The summed E-state index contributed by atoms with van der Waals surface area (Å²) in [6, 6.07) is 10.2. The Balaban J connectivity index is 1.81. The van der Waals surface area contributed by atoms with E-state index in [1.165, 1.54) is 6.26 Å². The highest BCUT2D eigenvalue weighted by atomic mass is 32.2. The first-order chi connectivity index (χ1) is 13.1. The van der Waals surface area contributed by atoms with Crippen LogP contribution in [0.4, 0.5) is 5.88 Å². The van der Waals surface area contributed by atoms with E-state index in [4.69, 9.17) is 13.6 Å². The minimum Gasteiger partial charge on any atom is -0.459 e. The maximum atomic E-state index is 13.3.